The van der Waals surface area contributed by atoms with Crippen molar-refractivity contribution in [3.8, 4) is 5.75 Å². The monoisotopic (exact) mass is 494 g/mol. The van der Waals surface area contributed by atoms with Crippen molar-refractivity contribution in [3.63, 3.8) is 0 Å². The summed E-state index contributed by atoms with van der Waals surface area (Å²) in [6, 6.07) is 1.61. The largest absolute Gasteiger partial charge is 0.493 e. The number of fused-ring (bicyclic) bond motifs is 1. The summed E-state index contributed by atoms with van der Waals surface area (Å²) in [5.74, 6) is -2.75. The van der Waals surface area contributed by atoms with Crippen LogP contribution < -0.4 is 10.5 Å². The summed E-state index contributed by atoms with van der Waals surface area (Å²) >= 11 is 0. The van der Waals surface area contributed by atoms with E-state index >= 15 is 0 Å². The van der Waals surface area contributed by atoms with E-state index < -0.39 is 35.0 Å². The van der Waals surface area contributed by atoms with Gasteiger partial charge in [0.2, 0.25) is 17.7 Å². The van der Waals surface area contributed by atoms with Gasteiger partial charge in [-0.15, -0.1) is 0 Å². The lowest BCUT2D eigenvalue weighted by Crippen LogP contribution is -2.59. The van der Waals surface area contributed by atoms with Crippen LogP contribution in [0, 0.1) is 23.0 Å². The summed E-state index contributed by atoms with van der Waals surface area (Å²) in [6.45, 7) is 9.98. The highest BCUT2D eigenvalue weighted by atomic mass is 19.2. The van der Waals surface area contributed by atoms with Gasteiger partial charge in [0.1, 0.15) is 5.75 Å². The number of carbonyl (C=O) groups is 3. The third-order valence-electron chi connectivity index (χ3n) is 7.26. The Balaban J connectivity index is 1.87. The van der Waals surface area contributed by atoms with Gasteiger partial charge >= 0.3 is 0 Å². The van der Waals surface area contributed by atoms with E-state index in [0.717, 1.165) is 12.1 Å². The number of likely N-dealkylation sites (N-methyl/N-ethyl adjacent to an activating group) is 1. The third-order valence-corrected chi connectivity index (χ3v) is 7.26. The molecule has 35 heavy (non-hydrogen) atoms. The fraction of sp³-hybridized carbons (Fsp3) is 0.640. The van der Waals surface area contributed by atoms with Crippen LogP contribution in [-0.2, 0) is 14.4 Å². The minimum Gasteiger partial charge on any atom is -0.493 e. The van der Waals surface area contributed by atoms with Gasteiger partial charge in [-0.3, -0.25) is 19.3 Å². The van der Waals surface area contributed by atoms with Crippen LogP contribution in [0.3, 0.4) is 0 Å². The van der Waals surface area contributed by atoms with Crippen LogP contribution >= 0.6 is 0 Å². The number of likely N-dealkylation sites (tertiary alicyclic amines) is 2. The summed E-state index contributed by atoms with van der Waals surface area (Å²) in [5, 5.41) is 0. The number of ether oxygens (including phenoxy) is 1. The number of primary amides is 1. The zero-order chi connectivity index (χ0) is 26.2. The molecule has 5 atom stereocenters. The van der Waals surface area contributed by atoms with E-state index in [0.29, 0.717) is 19.5 Å². The fourth-order valence-corrected chi connectivity index (χ4v) is 5.48. The average molecular weight is 495 g/mol. The minimum atomic E-state index is -1.01. The van der Waals surface area contributed by atoms with Gasteiger partial charge in [0.25, 0.3) is 0 Å². The number of rotatable bonds is 7. The van der Waals surface area contributed by atoms with E-state index in [-0.39, 0.29) is 42.2 Å². The number of amides is 3. The zero-order valence-electron chi connectivity index (χ0n) is 21.3. The van der Waals surface area contributed by atoms with E-state index in [4.69, 9.17) is 10.5 Å². The average Bonchev–Trinajstić information content (AvgIpc) is 3.33. The van der Waals surface area contributed by atoms with Crippen molar-refractivity contribution in [2.75, 3.05) is 26.7 Å². The molecule has 0 spiro atoms. The summed E-state index contributed by atoms with van der Waals surface area (Å²) in [6.07, 6.45) is 0.629. The first kappa shape index (κ1) is 26.8. The predicted octanol–water partition coefficient (Wildman–Crippen LogP) is 2.01. The molecule has 2 aliphatic heterocycles. The topological polar surface area (TPSA) is 96.2 Å². The number of halogens is 2. The molecule has 0 radical (unpaired) electrons. The molecule has 3 amide bonds. The normalized spacial score (nSPS) is 23.9. The molecule has 2 aliphatic rings. The van der Waals surface area contributed by atoms with Crippen LogP contribution in [0.1, 0.15) is 41.0 Å². The highest BCUT2D eigenvalue weighted by molar-refractivity contribution is 5.86. The van der Waals surface area contributed by atoms with Crippen LogP contribution in [-0.4, -0.2) is 83.3 Å². The number of benzene rings is 1. The maximum Gasteiger partial charge on any atom is 0.240 e. The maximum absolute atomic E-state index is 14.0. The van der Waals surface area contributed by atoms with E-state index in [1.165, 1.54) is 13.0 Å². The fourth-order valence-electron chi connectivity index (χ4n) is 5.48. The van der Waals surface area contributed by atoms with E-state index in [1.54, 1.807) is 28.7 Å². The highest BCUT2D eigenvalue weighted by Crippen LogP contribution is 2.38. The quantitative estimate of drug-likeness (QED) is 0.626. The van der Waals surface area contributed by atoms with Crippen LogP contribution in [0.2, 0.25) is 0 Å². The lowest BCUT2D eigenvalue weighted by Gasteiger charge is -2.42. The minimum absolute atomic E-state index is 0.0866. The molecule has 3 rings (SSSR count). The van der Waals surface area contributed by atoms with Gasteiger partial charge < -0.3 is 20.3 Å². The van der Waals surface area contributed by atoms with Gasteiger partial charge in [0.15, 0.2) is 11.6 Å². The molecule has 2 N–H and O–H groups in total. The molecule has 2 saturated heterocycles. The molecule has 1 aromatic carbocycles. The van der Waals surface area contributed by atoms with Gasteiger partial charge in [0, 0.05) is 32.0 Å². The molecule has 0 saturated carbocycles. The molecule has 1 aromatic rings. The Morgan fingerprint density at radius 3 is 2.40 bits per heavy atom. The number of carbonyl (C=O) groups excluding carboxylic acids is 3. The molecule has 5 unspecified atom stereocenters. The van der Waals surface area contributed by atoms with Gasteiger partial charge in [-0.1, -0.05) is 20.8 Å². The first-order valence-electron chi connectivity index (χ1n) is 11.9. The van der Waals surface area contributed by atoms with E-state index in [1.807, 2.05) is 20.8 Å². The van der Waals surface area contributed by atoms with Crippen molar-refractivity contribution >= 4 is 17.7 Å². The Morgan fingerprint density at radius 2 is 1.86 bits per heavy atom. The maximum atomic E-state index is 14.0. The Hall–Kier alpha value is -2.75. The molecule has 0 aromatic heterocycles. The van der Waals surface area contributed by atoms with Gasteiger partial charge in [-0.2, -0.15) is 0 Å². The Bertz CT molecular complexity index is 983. The first-order chi connectivity index (χ1) is 16.2. The summed E-state index contributed by atoms with van der Waals surface area (Å²) in [5.41, 5.74) is 5.03. The van der Waals surface area contributed by atoms with Crippen molar-refractivity contribution in [2.24, 2.45) is 17.1 Å². The Labute approximate surface area is 205 Å². The molecule has 2 heterocycles. The number of nitrogens with two attached hydrogens (primary N) is 1. The second-order valence-electron chi connectivity index (χ2n) is 10.7. The van der Waals surface area contributed by atoms with Crippen molar-refractivity contribution in [2.45, 2.75) is 65.2 Å². The lowest BCUT2D eigenvalue weighted by molar-refractivity contribution is -0.144. The number of nitrogens with zero attached hydrogens (tertiary/aromatic N) is 3. The molecule has 0 aliphatic carbocycles. The van der Waals surface area contributed by atoms with Crippen molar-refractivity contribution in [1.29, 1.82) is 0 Å². The number of hydrogen-bond acceptors (Lipinski definition) is 5. The molecule has 0 bridgehead atoms. The van der Waals surface area contributed by atoms with Gasteiger partial charge in [0.05, 0.1) is 30.8 Å². The molecular weight excluding hydrogens is 458 g/mol. The van der Waals surface area contributed by atoms with Crippen LogP contribution in [0.4, 0.5) is 8.78 Å². The first-order valence-corrected chi connectivity index (χ1v) is 11.9. The Morgan fingerprint density at radius 1 is 1.20 bits per heavy atom. The number of hydrogen-bond donors (Lipinski definition) is 1. The summed E-state index contributed by atoms with van der Waals surface area (Å²) in [7, 11) is 1.72. The molecule has 2 fully saturated rings. The lowest BCUT2D eigenvalue weighted by atomic mass is 9.83. The highest BCUT2D eigenvalue weighted by Gasteiger charge is 2.53. The molecule has 8 nitrogen and oxygen atoms in total. The zero-order valence-corrected chi connectivity index (χ0v) is 21.3. The van der Waals surface area contributed by atoms with Crippen molar-refractivity contribution in [3.05, 3.63) is 29.8 Å². The van der Waals surface area contributed by atoms with Crippen LogP contribution in [0.5, 0.6) is 5.75 Å². The molecular formula is C25H36F2N4O4. The SMILES string of the molecule is CC(=O)N1CC(COc2ccc(F)c(F)c2)C2C1CCN2C(=O)C(N(C)C(C)C(N)=O)C(C)(C)C. The predicted molar refractivity (Wildman–Crippen MR) is 126 cm³/mol. The third kappa shape index (κ3) is 5.42. The smallest absolute Gasteiger partial charge is 0.240 e. The van der Waals surface area contributed by atoms with Gasteiger partial charge in [-0.05, 0) is 37.9 Å². The second kappa shape index (κ2) is 10.1. The molecule has 10 heteroatoms. The van der Waals surface area contributed by atoms with Crippen molar-refractivity contribution in [1.82, 2.24) is 14.7 Å². The standard InChI is InChI=1S/C25H36F2N4O4/c1-14(23(28)33)29(6)22(25(3,4)5)24(34)30-10-9-20-21(30)16(12-31(20)15(2)32)13-35-17-7-8-18(26)19(27)11-17/h7-8,11,14,16,20-22H,9-10,12-13H2,1-6H3,(H2,28,33). The summed E-state index contributed by atoms with van der Waals surface area (Å²) in [4.78, 5) is 43.5. The van der Waals surface area contributed by atoms with E-state index in [2.05, 4.69) is 0 Å². The van der Waals surface area contributed by atoms with Crippen LogP contribution in [0.25, 0.3) is 0 Å². The molecule has 194 valence electrons. The van der Waals surface area contributed by atoms with Crippen molar-refractivity contribution < 1.29 is 27.9 Å². The summed E-state index contributed by atoms with van der Waals surface area (Å²) < 4.78 is 32.7. The second-order valence-corrected chi connectivity index (χ2v) is 10.7. The Kier molecular flexibility index (Phi) is 7.74. The van der Waals surface area contributed by atoms with E-state index in [9.17, 15) is 23.2 Å². The van der Waals surface area contributed by atoms with Crippen LogP contribution in [0.15, 0.2) is 18.2 Å². The van der Waals surface area contributed by atoms with Gasteiger partial charge in [-0.25, -0.2) is 8.78 Å².